The minimum absolute atomic E-state index is 0.144. The van der Waals surface area contributed by atoms with E-state index in [4.69, 9.17) is 9.99 Å². The van der Waals surface area contributed by atoms with Crippen LogP contribution in [-0.4, -0.2) is 17.7 Å². The first kappa shape index (κ1) is 5.03. The molecular formula is C4H8O3. The minimum atomic E-state index is -0.329. The van der Waals surface area contributed by atoms with Gasteiger partial charge in [0.1, 0.15) is 6.10 Å². The van der Waals surface area contributed by atoms with Gasteiger partial charge in [-0.25, -0.2) is 10.1 Å². The number of ether oxygens (including phenoxy) is 1. The van der Waals surface area contributed by atoms with Gasteiger partial charge < -0.3 is 4.74 Å². The summed E-state index contributed by atoms with van der Waals surface area (Å²) in [5, 5.41) is 7.88. The molecular weight excluding hydrogens is 96.0 g/mol. The lowest BCUT2D eigenvalue weighted by Crippen LogP contribution is -1.93. The van der Waals surface area contributed by atoms with E-state index in [0.29, 0.717) is 0 Å². The Bertz CT molecular complexity index is 56.0. The molecule has 1 fully saturated rings. The first-order valence-corrected chi connectivity index (χ1v) is 2.34. The van der Waals surface area contributed by atoms with E-state index in [-0.39, 0.29) is 12.4 Å². The Morgan fingerprint density at radius 1 is 1.86 bits per heavy atom. The average Bonchev–Trinajstić information content (AvgIpc) is 2.43. The van der Waals surface area contributed by atoms with Crippen molar-refractivity contribution in [3.05, 3.63) is 0 Å². The molecule has 0 aliphatic carbocycles. The van der Waals surface area contributed by atoms with Gasteiger partial charge >= 0.3 is 0 Å². The second-order valence-corrected chi connectivity index (χ2v) is 1.56. The van der Waals surface area contributed by atoms with Gasteiger partial charge in [-0.1, -0.05) is 6.92 Å². The zero-order valence-corrected chi connectivity index (χ0v) is 4.13. The fraction of sp³-hybridized carbons (Fsp3) is 1.00. The van der Waals surface area contributed by atoms with Gasteiger partial charge in [0.25, 0.3) is 0 Å². The number of hydrogen-bond donors (Lipinski definition) is 1. The van der Waals surface area contributed by atoms with Crippen LogP contribution < -0.4 is 0 Å². The van der Waals surface area contributed by atoms with E-state index in [2.05, 4.69) is 4.89 Å². The largest absolute Gasteiger partial charge is 0.339 e. The van der Waals surface area contributed by atoms with Crippen molar-refractivity contribution in [1.29, 1.82) is 0 Å². The first-order chi connectivity index (χ1) is 3.38. The quantitative estimate of drug-likeness (QED) is 0.317. The molecule has 2 unspecified atom stereocenters. The molecule has 3 heteroatoms. The lowest BCUT2D eigenvalue weighted by Gasteiger charge is -1.79. The smallest absolute Gasteiger partial charge is 0.217 e. The lowest BCUT2D eigenvalue weighted by atomic mass is 10.4. The van der Waals surface area contributed by atoms with Crippen molar-refractivity contribution in [2.24, 2.45) is 0 Å². The van der Waals surface area contributed by atoms with Gasteiger partial charge in [0.15, 0.2) is 0 Å². The third-order valence-corrected chi connectivity index (χ3v) is 1.04. The van der Waals surface area contributed by atoms with Gasteiger partial charge in [0, 0.05) is 0 Å². The SMILES string of the molecule is CCC1OC1OO. The Hall–Kier alpha value is -0.120. The van der Waals surface area contributed by atoms with Crippen LogP contribution in [0.4, 0.5) is 0 Å². The molecule has 1 heterocycles. The van der Waals surface area contributed by atoms with E-state index >= 15 is 0 Å². The molecule has 0 bridgehead atoms. The van der Waals surface area contributed by atoms with E-state index in [1.165, 1.54) is 0 Å². The second-order valence-electron chi connectivity index (χ2n) is 1.56. The van der Waals surface area contributed by atoms with Crippen LogP contribution >= 0.6 is 0 Å². The minimum Gasteiger partial charge on any atom is -0.339 e. The highest BCUT2D eigenvalue weighted by Crippen LogP contribution is 2.24. The third kappa shape index (κ3) is 0.907. The van der Waals surface area contributed by atoms with Crippen LogP contribution in [0.5, 0.6) is 0 Å². The van der Waals surface area contributed by atoms with Gasteiger partial charge in [0.2, 0.25) is 6.29 Å². The Morgan fingerprint density at radius 3 is 2.71 bits per heavy atom. The number of rotatable bonds is 2. The summed E-state index contributed by atoms with van der Waals surface area (Å²) < 4.78 is 4.74. The van der Waals surface area contributed by atoms with Gasteiger partial charge in [-0.05, 0) is 6.42 Å². The maximum Gasteiger partial charge on any atom is 0.217 e. The van der Waals surface area contributed by atoms with E-state index in [1.54, 1.807) is 0 Å². The molecule has 0 amide bonds. The first-order valence-electron chi connectivity index (χ1n) is 2.34. The van der Waals surface area contributed by atoms with Crippen LogP contribution in [0.25, 0.3) is 0 Å². The molecule has 1 rings (SSSR count). The van der Waals surface area contributed by atoms with Gasteiger partial charge in [0.05, 0.1) is 0 Å². The molecule has 0 aromatic carbocycles. The maximum atomic E-state index is 7.88. The summed E-state index contributed by atoms with van der Waals surface area (Å²) >= 11 is 0. The Morgan fingerprint density at radius 2 is 2.57 bits per heavy atom. The fourth-order valence-corrected chi connectivity index (χ4v) is 0.508. The molecule has 1 saturated heterocycles. The van der Waals surface area contributed by atoms with E-state index in [9.17, 15) is 0 Å². The Kier molecular flexibility index (Phi) is 1.27. The summed E-state index contributed by atoms with van der Waals surface area (Å²) in [5.41, 5.74) is 0. The van der Waals surface area contributed by atoms with E-state index < -0.39 is 0 Å². The summed E-state index contributed by atoms with van der Waals surface area (Å²) in [5.74, 6) is 0. The van der Waals surface area contributed by atoms with Crippen LogP contribution in [0.15, 0.2) is 0 Å². The van der Waals surface area contributed by atoms with Crippen LogP contribution in [0.3, 0.4) is 0 Å². The molecule has 1 N–H and O–H groups in total. The normalized spacial score (nSPS) is 38.6. The number of epoxide rings is 1. The van der Waals surface area contributed by atoms with Crippen LogP contribution in [-0.2, 0) is 9.62 Å². The highest BCUT2D eigenvalue weighted by molar-refractivity contribution is 4.72. The maximum absolute atomic E-state index is 7.88. The summed E-state index contributed by atoms with van der Waals surface area (Å²) in [6, 6.07) is 0. The Balaban J connectivity index is 2.06. The summed E-state index contributed by atoms with van der Waals surface area (Å²) in [6.07, 6.45) is 0.723. The van der Waals surface area contributed by atoms with Gasteiger partial charge in [-0.3, -0.25) is 0 Å². The molecule has 0 radical (unpaired) electrons. The zero-order chi connectivity index (χ0) is 5.28. The molecule has 0 aromatic rings. The van der Waals surface area contributed by atoms with Crippen molar-refractivity contribution in [3.8, 4) is 0 Å². The molecule has 7 heavy (non-hydrogen) atoms. The Labute approximate surface area is 41.8 Å². The molecule has 42 valence electrons. The van der Waals surface area contributed by atoms with Crippen LogP contribution in [0.2, 0.25) is 0 Å². The van der Waals surface area contributed by atoms with Crippen molar-refractivity contribution < 1.29 is 14.9 Å². The zero-order valence-electron chi connectivity index (χ0n) is 4.13. The molecule has 2 atom stereocenters. The fourth-order valence-electron chi connectivity index (χ4n) is 0.508. The van der Waals surface area contributed by atoms with Crippen molar-refractivity contribution in [2.45, 2.75) is 25.7 Å². The highest BCUT2D eigenvalue weighted by Gasteiger charge is 2.38. The standard InChI is InChI=1S/C4H8O3/c1-2-3-4(6-3)7-5/h3-5H,2H2,1H3. The molecule has 1 aliphatic heterocycles. The van der Waals surface area contributed by atoms with Gasteiger partial charge in [-0.15, -0.1) is 0 Å². The monoisotopic (exact) mass is 104 g/mol. The summed E-state index contributed by atoms with van der Waals surface area (Å²) in [6.45, 7) is 1.98. The van der Waals surface area contributed by atoms with Crippen LogP contribution in [0, 0.1) is 0 Å². The average molecular weight is 104 g/mol. The van der Waals surface area contributed by atoms with Crippen molar-refractivity contribution >= 4 is 0 Å². The molecule has 1 aliphatic rings. The van der Waals surface area contributed by atoms with Crippen molar-refractivity contribution in [3.63, 3.8) is 0 Å². The topological polar surface area (TPSA) is 42.0 Å². The predicted molar refractivity (Wildman–Crippen MR) is 22.7 cm³/mol. The van der Waals surface area contributed by atoms with Crippen LogP contribution in [0.1, 0.15) is 13.3 Å². The number of hydrogen-bond acceptors (Lipinski definition) is 3. The molecule has 0 spiro atoms. The molecule has 3 nitrogen and oxygen atoms in total. The molecule has 0 saturated carbocycles. The molecule has 0 aromatic heterocycles. The van der Waals surface area contributed by atoms with E-state index in [0.717, 1.165) is 6.42 Å². The third-order valence-electron chi connectivity index (χ3n) is 1.04. The van der Waals surface area contributed by atoms with Gasteiger partial charge in [-0.2, -0.15) is 0 Å². The highest BCUT2D eigenvalue weighted by atomic mass is 17.2. The predicted octanol–water partition coefficient (Wildman–Crippen LogP) is 0.611. The lowest BCUT2D eigenvalue weighted by molar-refractivity contribution is -0.274. The van der Waals surface area contributed by atoms with Crippen molar-refractivity contribution in [1.82, 2.24) is 0 Å². The second kappa shape index (κ2) is 1.78. The van der Waals surface area contributed by atoms with Crippen molar-refractivity contribution in [2.75, 3.05) is 0 Å². The summed E-state index contributed by atoms with van der Waals surface area (Å²) in [4.78, 5) is 3.84. The van der Waals surface area contributed by atoms with E-state index in [1.807, 2.05) is 6.92 Å². The summed E-state index contributed by atoms with van der Waals surface area (Å²) in [7, 11) is 0.